The van der Waals surface area contributed by atoms with E-state index in [0.717, 1.165) is 23.2 Å². The molecule has 0 saturated heterocycles. The lowest BCUT2D eigenvalue weighted by Gasteiger charge is -2.29. The molecule has 4 rings (SSSR count). The standard InChI is InChI=1S/C19H16FNOS/c1-12-7-8-16-13(10-12)4-3-9-21(16)19(22)18-11-14-15(20)5-2-6-17(14)23-18/h2,5-8,10-11H,3-4,9H2,1H3. The number of anilines is 1. The van der Waals surface area contributed by atoms with Crippen molar-refractivity contribution in [2.75, 3.05) is 11.4 Å². The Hall–Kier alpha value is -2.20. The van der Waals surface area contributed by atoms with Crippen LogP contribution in [0.5, 0.6) is 0 Å². The summed E-state index contributed by atoms with van der Waals surface area (Å²) in [6, 6.07) is 12.9. The molecule has 1 aliphatic heterocycles. The molecule has 3 aromatic rings. The number of hydrogen-bond donors (Lipinski definition) is 0. The molecule has 0 spiro atoms. The van der Waals surface area contributed by atoms with Gasteiger partial charge in [0.25, 0.3) is 5.91 Å². The summed E-state index contributed by atoms with van der Waals surface area (Å²) in [6.07, 6.45) is 1.96. The Kier molecular flexibility index (Phi) is 3.42. The predicted molar refractivity (Wildman–Crippen MR) is 93.0 cm³/mol. The number of nitrogens with zero attached hydrogens (tertiary/aromatic N) is 1. The first-order valence-electron chi connectivity index (χ1n) is 7.73. The van der Waals surface area contributed by atoms with E-state index in [1.165, 1.54) is 28.5 Å². The van der Waals surface area contributed by atoms with E-state index in [2.05, 4.69) is 13.0 Å². The molecule has 0 unspecified atom stereocenters. The molecule has 4 heteroatoms. The van der Waals surface area contributed by atoms with Gasteiger partial charge in [-0.3, -0.25) is 4.79 Å². The lowest BCUT2D eigenvalue weighted by atomic mass is 9.99. The van der Waals surface area contributed by atoms with Gasteiger partial charge in [0, 0.05) is 22.3 Å². The highest BCUT2D eigenvalue weighted by molar-refractivity contribution is 7.20. The zero-order chi connectivity index (χ0) is 16.0. The molecular formula is C19H16FNOS. The first kappa shape index (κ1) is 14.4. The van der Waals surface area contributed by atoms with Gasteiger partial charge in [0.05, 0.1) is 4.88 Å². The van der Waals surface area contributed by atoms with Crippen molar-refractivity contribution < 1.29 is 9.18 Å². The maximum atomic E-state index is 13.9. The number of hydrogen-bond acceptors (Lipinski definition) is 2. The highest BCUT2D eigenvalue weighted by atomic mass is 32.1. The first-order valence-corrected chi connectivity index (χ1v) is 8.54. The van der Waals surface area contributed by atoms with Crippen molar-refractivity contribution in [1.82, 2.24) is 0 Å². The third kappa shape index (κ3) is 2.43. The molecule has 0 fully saturated rings. The molecule has 2 nitrogen and oxygen atoms in total. The third-order valence-corrected chi connectivity index (χ3v) is 5.41. The van der Waals surface area contributed by atoms with Gasteiger partial charge in [0.1, 0.15) is 5.82 Å². The molecule has 2 heterocycles. The van der Waals surface area contributed by atoms with Crippen LogP contribution >= 0.6 is 11.3 Å². The van der Waals surface area contributed by atoms with Crippen molar-refractivity contribution >= 4 is 33.0 Å². The number of rotatable bonds is 1. The highest BCUT2D eigenvalue weighted by Crippen LogP contribution is 2.33. The van der Waals surface area contributed by atoms with Crippen LogP contribution < -0.4 is 4.90 Å². The lowest BCUT2D eigenvalue weighted by Crippen LogP contribution is -2.35. The largest absolute Gasteiger partial charge is 0.307 e. The Morgan fingerprint density at radius 1 is 1.22 bits per heavy atom. The number of thiophene rings is 1. The van der Waals surface area contributed by atoms with Crippen LogP contribution in [0.25, 0.3) is 10.1 Å². The quantitative estimate of drug-likeness (QED) is 0.620. The average Bonchev–Trinajstić information content (AvgIpc) is 2.99. The van der Waals surface area contributed by atoms with Gasteiger partial charge >= 0.3 is 0 Å². The van der Waals surface area contributed by atoms with Gasteiger partial charge in [0.2, 0.25) is 0 Å². The number of carbonyl (C=O) groups is 1. The van der Waals surface area contributed by atoms with E-state index in [0.29, 0.717) is 16.8 Å². The van der Waals surface area contributed by atoms with Gasteiger partial charge < -0.3 is 4.90 Å². The molecular weight excluding hydrogens is 309 g/mol. The second-order valence-corrected chi connectivity index (χ2v) is 7.04. The third-order valence-electron chi connectivity index (χ3n) is 4.32. The molecule has 0 N–H and O–H groups in total. The maximum absolute atomic E-state index is 13.9. The Balaban J connectivity index is 1.76. The van der Waals surface area contributed by atoms with Crippen LogP contribution in [0, 0.1) is 12.7 Å². The van der Waals surface area contributed by atoms with Crippen molar-refractivity contribution in [3.8, 4) is 0 Å². The number of halogens is 1. The summed E-state index contributed by atoms with van der Waals surface area (Å²) in [5, 5.41) is 0.530. The number of benzene rings is 2. The SMILES string of the molecule is Cc1ccc2c(c1)CCCN2C(=O)c1cc2c(F)cccc2s1. The molecule has 0 bridgehead atoms. The number of fused-ring (bicyclic) bond motifs is 2. The van der Waals surface area contributed by atoms with Gasteiger partial charge in [-0.2, -0.15) is 0 Å². The topological polar surface area (TPSA) is 20.3 Å². The number of carbonyl (C=O) groups excluding carboxylic acids is 1. The number of amides is 1. The van der Waals surface area contributed by atoms with Crippen LogP contribution in [0.4, 0.5) is 10.1 Å². The van der Waals surface area contributed by atoms with E-state index in [4.69, 9.17) is 0 Å². The maximum Gasteiger partial charge on any atom is 0.268 e. The second kappa shape index (κ2) is 5.46. The fraction of sp³-hybridized carbons (Fsp3) is 0.211. The Morgan fingerprint density at radius 3 is 2.91 bits per heavy atom. The van der Waals surface area contributed by atoms with Crippen molar-refractivity contribution in [2.24, 2.45) is 0 Å². The van der Waals surface area contributed by atoms with Crippen LogP contribution in [0.3, 0.4) is 0 Å². The fourth-order valence-electron chi connectivity index (χ4n) is 3.20. The van der Waals surface area contributed by atoms with Gasteiger partial charge in [-0.1, -0.05) is 23.8 Å². The average molecular weight is 325 g/mol. The van der Waals surface area contributed by atoms with Crippen LogP contribution in [0.2, 0.25) is 0 Å². The summed E-state index contributed by atoms with van der Waals surface area (Å²) in [7, 11) is 0. The summed E-state index contributed by atoms with van der Waals surface area (Å²) < 4.78 is 14.7. The summed E-state index contributed by atoms with van der Waals surface area (Å²) >= 11 is 1.36. The monoisotopic (exact) mass is 325 g/mol. The molecule has 0 radical (unpaired) electrons. The molecule has 23 heavy (non-hydrogen) atoms. The molecule has 116 valence electrons. The Morgan fingerprint density at radius 2 is 2.09 bits per heavy atom. The van der Waals surface area contributed by atoms with E-state index < -0.39 is 0 Å². The minimum Gasteiger partial charge on any atom is -0.307 e. The Bertz CT molecular complexity index is 915. The van der Waals surface area contributed by atoms with Crippen molar-refractivity contribution in [3.05, 3.63) is 64.3 Å². The molecule has 1 amide bonds. The van der Waals surface area contributed by atoms with E-state index >= 15 is 0 Å². The van der Waals surface area contributed by atoms with E-state index in [1.807, 2.05) is 23.1 Å². The van der Waals surface area contributed by atoms with Crippen LogP contribution in [0.15, 0.2) is 42.5 Å². The first-order chi connectivity index (χ1) is 11.1. The minimum absolute atomic E-state index is 0.0320. The minimum atomic E-state index is -0.271. The normalized spacial score (nSPS) is 14.1. The zero-order valence-corrected chi connectivity index (χ0v) is 13.6. The van der Waals surface area contributed by atoms with E-state index in [9.17, 15) is 9.18 Å². The molecule has 0 atom stereocenters. The van der Waals surface area contributed by atoms with Gasteiger partial charge in [-0.15, -0.1) is 11.3 Å². The van der Waals surface area contributed by atoms with Crippen molar-refractivity contribution in [1.29, 1.82) is 0 Å². The van der Waals surface area contributed by atoms with Crippen LogP contribution in [-0.4, -0.2) is 12.5 Å². The summed E-state index contributed by atoms with van der Waals surface area (Å²) in [5.74, 6) is -0.303. The molecule has 1 aromatic heterocycles. The molecule has 0 aliphatic carbocycles. The van der Waals surface area contributed by atoms with E-state index in [1.54, 1.807) is 12.1 Å². The van der Waals surface area contributed by atoms with Crippen molar-refractivity contribution in [2.45, 2.75) is 19.8 Å². The second-order valence-electron chi connectivity index (χ2n) is 5.95. The molecule has 0 saturated carbocycles. The van der Waals surface area contributed by atoms with Crippen LogP contribution in [-0.2, 0) is 6.42 Å². The fourth-order valence-corrected chi connectivity index (χ4v) is 4.22. The van der Waals surface area contributed by atoms with Gasteiger partial charge in [0.15, 0.2) is 0 Å². The summed E-state index contributed by atoms with van der Waals surface area (Å²) in [6.45, 7) is 2.78. The smallest absolute Gasteiger partial charge is 0.268 e. The zero-order valence-electron chi connectivity index (χ0n) is 12.8. The van der Waals surface area contributed by atoms with Crippen LogP contribution in [0.1, 0.15) is 27.2 Å². The van der Waals surface area contributed by atoms with Gasteiger partial charge in [-0.05, 0) is 49.6 Å². The number of aryl methyl sites for hydroxylation is 2. The molecule has 1 aliphatic rings. The Labute approximate surface area is 138 Å². The molecule has 2 aromatic carbocycles. The van der Waals surface area contributed by atoms with E-state index in [-0.39, 0.29) is 11.7 Å². The highest BCUT2D eigenvalue weighted by Gasteiger charge is 2.25. The van der Waals surface area contributed by atoms with Crippen molar-refractivity contribution in [3.63, 3.8) is 0 Å². The van der Waals surface area contributed by atoms with Gasteiger partial charge in [-0.25, -0.2) is 4.39 Å². The lowest BCUT2D eigenvalue weighted by molar-refractivity contribution is 0.0989. The summed E-state index contributed by atoms with van der Waals surface area (Å²) in [5.41, 5.74) is 3.42. The predicted octanol–water partition coefficient (Wildman–Crippen LogP) is 4.94. The summed E-state index contributed by atoms with van der Waals surface area (Å²) in [4.78, 5) is 15.4.